The summed E-state index contributed by atoms with van der Waals surface area (Å²) in [5.41, 5.74) is 11.3. The van der Waals surface area contributed by atoms with Crippen LogP contribution in [0.5, 0.6) is 0 Å². The fraction of sp³-hybridized carbons (Fsp3) is 0.318. The summed E-state index contributed by atoms with van der Waals surface area (Å²) in [5.74, 6) is 0. The number of benzene rings is 5. The summed E-state index contributed by atoms with van der Waals surface area (Å²) in [6.07, 6.45) is 0. The van der Waals surface area contributed by atoms with Crippen molar-refractivity contribution in [3.05, 3.63) is 137 Å². The summed E-state index contributed by atoms with van der Waals surface area (Å²) < 4.78 is 1.07. The highest BCUT2D eigenvalue weighted by atomic mass is 79.9. The molecule has 0 saturated heterocycles. The van der Waals surface area contributed by atoms with Crippen LogP contribution in [0.4, 0.5) is 17.1 Å². The second kappa shape index (κ2) is 17.9. The van der Waals surface area contributed by atoms with Gasteiger partial charge in [-0.05, 0) is 92.7 Å². The monoisotopic (exact) mass is 677 g/mol. The molecule has 0 aliphatic heterocycles. The Morgan fingerprint density at radius 1 is 0.348 bits per heavy atom. The van der Waals surface area contributed by atoms with Gasteiger partial charge >= 0.3 is 0 Å². The molecule has 0 heterocycles. The number of rotatable bonds is 5. The number of anilines is 3. The molecule has 5 aromatic carbocycles. The summed E-state index contributed by atoms with van der Waals surface area (Å²) in [4.78, 5) is 2.31. The van der Waals surface area contributed by atoms with Crippen LogP contribution >= 0.6 is 15.9 Å². The van der Waals surface area contributed by atoms with Crippen molar-refractivity contribution in [2.24, 2.45) is 0 Å². The quantitative estimate of drug-likeness (QED) is 0.179. The fourth-order valence-electron chi connectivity index (χ4n) is 4.97. The molecule has 0 aromatic heterocycles. The molecule has 5 rings (SSSR count). The van der Waals surface area contributed by atoms with Gasteiger partial charge in [0.05, 0.1) is 0 Å². The maximum atomic E-state index is 3.59. The van der Waals surface area contributed by atoms with Crippen LogP contribution in [0, 0.1) is 0 Å². The van der Waals surface area contributed by atoms with E-state index in [1.165, 1.54) is 33.4 Å². The third-order valence-corrected chi connectivity index (χ3v) is 8.03. The van der Waals surface area contributed by atoms with Crippen LogP contribution in [0.15, 0.2) is 126 Å². The van der Waals surface area contributed by atoms with Crippen molar-refractivity contribution in [3.63, 3.8) is 0 Å². The lowest BCUT2D eigenvalue weighted by molar-refractivity contribution is 0.590. The van der Waals surface area contributed by atoms with E-state index >= 15 is 0 Å². The lowest BCUT2D eigenvalue weighted by Gasteiger charge is -2.26. The molecular weight excluding hydrogens is 622 g/mol. The van der Waals surface area contributed by atoms with E-state index in [1.54, 1.807) is 0 Å². The lowest BCUT2D eigenvalue weighted by Crippen LogP contribution is -2.10. The molecule has 2 heteroatoms. The van der Waals surface area contributed by atoms with Crippen LogP contribution < -0.4 is 4.90 Å². The molecule has 46 heavy (non-hydrogen) atoms. The Hall–Kier alpha value is -3.62. The minimum absolute atomic E-state index is 0.152. The topological polar surface area (TPSA) is 3.24 Å². The average Bonchev–Trinajstić information content (AvgIpc) is 3.08. The van der Waals surface area contributed by atoms with Gasteiger partial charge in [0.15, 0.2) is 0 Å². The highest BCUT2D eigenvalue weighted by molar-refractivity contribution is 9.10. The highest BCUT2D eigenvalue weighted by Gasteiger charge is 2.16. The minimum atomic E-state index is 0.152. The van der Waals surface area contributed by atoms with Gasteiger partial charge in [0.2, 0.25) is 0 Å². The molecule has 5 aromatic rings. The SMILES string of the molecule is CC.CC.CC.CC(C)(C)c1ccc(-c2ccc(N(c3ccc(Br)cc3)c3ccc(-c4ccc(C(C)(C)C)cc4)cc3)cc2)cc1. The van der Waals surface area contributed by atoms with Crippen molar-refractivity contribution in [2.75, 3.05) is 4.90 Å². The Bertz CT molecular complexity index is 1450. The van der Waals surface area contributed by atoms with Crippen LogP contribution in [-0.4, -0.2) is 0 Å². The van der Waals surface area contributed by atoms with Gasteiger partial charge in [-0.3, -0.25) is 0 Å². The largest absolute Gasteiger partial charge is 0.311 e. The number of hydrogen-bond donors (Lipinski definition) is 0. The Morgan fingerprint density at radius 3 is 0.804 bits per heavy atom. The summed E-state index contributed by atoms with van der Waals surface area (Å²) in [5, 5.41) is 0. The molecule has 0 bridgehead atoms. The maximum Gasteiger partial charge on any atom is 0.0462 e. The number of nitrogens with zero attached hydrogens (tertiary/aromatic N) is 1. The summed E-state index contributed by atoms with van der Waals surface area (Å²) >= 11 is 3.59. The Kier molecular flexibility index (Phi) is 15.0. The molecule has 0 fully saturated rings. The summed E-state index contributed by atoms with van der Waals surface area (Å²) in [6, 6.07) is 44.2. The van der Waals surface area contributed by atoms with Gasteiger partial charge in [-0.1, -0.05) is 172 Å². The molecule has 0 amide bonds. The van der Waals surface area contributed by atoms with Crippen LogP contribution in [0.25, 0.3) is 22.3 Å². The zero-order valence-corrected chi connectivity index (χ0v) is 32.0. The Morgan fingerprint density at radius 2 is 0.565 bits per heavy atom. The van der Waals surface area contributed by atoms with Crippen LogP contribution in [0.3, 0.4) is 0 Å². The maximum absolute atomic E-state index is 3.59. The fourth-order valence-corrected chi connectivity index (χ4v) is 5.23. The Labute approximate surface area is 289 Å². The molecule has 0 atom stereocenters. The van der Waals surface area contributed by atoms with Gasteiger partial charge in [0.1, 0.15) is 0 Å². The number of halogens is 1. The van der Waals surface area contributed by atoms with E-state index in [4.69, 9.17) is 0 Å². The average molecular weight is 679 g/mol. The molecule has 244 valence electrons. The van der Waals surface area contributed by atoms with E-state index < -0.39 is 0 Å². The zero-order chi connectivity index (χ0) is 34.5. The molecular formula is C44H56BrN. The third-order valence-electron chi connectivity index (χ3n) is 7.50. The first-order valence-corrected chi connectivity index (χ1v) is 17.8. The van der Waals surface area contributed by atoms with Crippen LogP contribution in [0.2, 0.25) is 0 Å². The standard InChI is InChI=1S/C38H38BrN.3C2H6/c1-37(2,3)31-15-7-27(8-16-31)29-11-21-34(22-12-29)40(36-25-19-33(39)20-26-36)35-23-13-30(14-24-35)28-9-17-32(18-10-28)38(4,5)6;3*1-2/h7-26H,1-6H3;3*1-2H3. The summed E-state index contributed by atoms with van der Waals surface area (Å²) in [6.45, 7) is 25.5. The zero-order valence-electron chi connectivity index (χ0n) is 30.4. The minimum Gasteiger partial charge on any atom is -0.311 e. The van der Waals surface area contributed by atoms with E-state index in [0.29, 0.717) is 0 Å². The predicted molar refractivity (Wildman–Crippen MR) is 211 cm³/mol. The first kappa shape index (κ1) is 38.6. The van der Waals surface area contributed by atoms with E-state index in [0.717, 1.165) is 21.5 Å². The molecule has 0 aliphatic carbocycles. The van der Waals surface area contributed by atoms with Crippen molar-refractivity contribution in [2.45, 2.75) is 93.9 Å². The van der Waals surface area contributed by atoms with Gasteiger partial charge in [0, 0.05) is 21.5 Å². The molecule has 0 radical (unpaired) electrons. The molecule has 0 N–H and O–H groups in total. The highest BCUT2D eigenvalue weighted by Crippen LogP contribution is 2.37. The first-order valence-electron chi connectivity index (χ1n) is 17.0. The normalized spacial score (nSPS) is 10.7. The molecule has 0 aliphatic rings. The van der Waals surface area contributed by atoms with E-state index in [1.807, 2.05) is 41.5 Å². The van der Waals surface area contributed by atoms with Gasteiger partial charge < -0.3 is 4.90 Å². The molecule has 0 saturated carbocycles. The smallest absolute Gasteiger partial charge is 0.0462 e. The van der Waals surface area contributed by atoms with Gasteiger partial charge in [-0.2, -0.15) is 0 Å². The second-order valence-electron chi connectivity index (χ2n) is 12.6. The van der Waals surface area contributed by atoms with Gasteiger partial charge in [-0.25, -0.2) is 0 Å². The van der Waals surface area contributed by atoms with Crippen molar-refractivity contribution in [3.8, 4) is 22.3 Å². The van der Waals surface area contributed by atoms with Crippen LogP contribution in [-0.2, 0) is 10.8 Å². The van der Waals surface area contributed by atoms with Gasteiger partial charge in [-0.15, -0.1) is 0 Å². The van der Waals surface area contributed by atoms with Crippen molar-refractivity contribution >= 4 is 33.0 Å². The van der Waals surface area contributed by atoms with E-state index in [9.17, 15) is 0 Å². The summed E-state index contributed by atoms with van der Waals surface area (Å²) in [7, 11) is 0. The second-order valence-corrected chi connectivity index (χ2v) is 13.5. The first-order chi connectivity index (χ1) is 22.0. The van der Waals surface area contributed by atoms with E-state index in [2.05, 4.69) is 184 Å². The van der Waals surface area contributed by atoms with Crippen molar-refractivity contribution in [1.29, 1.82) is 0 Å². The molecule has 1 nitrogen and oxygen atoms in total. The lowest BCUT2D eigenvalue weighted by atomic mass is 9.86. The Balaban J connectivity index is 0.00000116. The van der Waals surface area contributed by atoms with Gasteiger partial charge in [0.25, 0.3) is 0 Å². The van der Waals surface area contributed by atoms with Crippen LogP contribution in [0.1, 0.15) is 94.2 Å². The van der Waals surface area contributed by atoms with Crippen molar-refractivity contribution in [1.82, 2.24) is 0 Å². The van der Waals surface area contributed by atoms with E-state index in [-0.39, 0.29) is 10.8 Å². The van der Waals surface area contributed by atoms with Crippen molar-refractivity contribution < 1.29 is 0 Å². The molecule has 0 unspecified atom stereocenters. The third kappa shape index (κ3) is 10.2. The molecule has 0 spiro atoms. The predicted octanol–water partition coefficient (Wildman–Crippen LogP) is 14.9. The number of hydrogen-bond acceptors (Lipinski definition) is 1.